The van der Waals surface area contributed by atoms with Crippen LogP contribution in [0.1, 0.15) is 21.5 Å². The third-order valence-electron chi connectivity index (χ3n) is 5.04. The summed E-state index contributed by atoms with van der Waals surface area (Å²) in [5.74, 6) is -0.647. The summed E-state index contributed by atoms with van der Waals surface area (Å²) in [7, 11) is 3.42. The van der Waals surface area contributed by atoms with Crippen molar-refractivity contribution in [3.8, 4) is 5.75 Å². The van der Waals surface area contributed by atoms with Crippen LogP contribution in [0.3, 0.4) is 0 Å². The zero-order valence-electron chi connectivity index (χ0n) is 17.4. The molecular weight excluding hydrogens is 432 g/mol. The number of hydrogen-bond donors (Lipinski definition) is 1. The summed E-state index contributed by atoms with van der Waals surface area (Å²) in [5, 5.41) is 11.1. The first-order chi connectivity index (χ1) is 15.0. The summed E-state index contributed by atoms with van der Waals surface area (Å²) in [5.41, 5.74) is 0.0113. The number of aromatic nitrogens is 4. The quantitative estimate of drug-likeness (QED) is 0.602. The van der Waals surface area contributed by atoms with Gasteiger partial charge in [-0.3, -0.25) is 14.2 Å². The lowest BCUT2D eigenvalue weighted by atomic mass is 10.1. The van der Waals surface area contributed by atoms with Gasteiger partial charge in [-0.15, -0.1) is 0 Å². The summed E-state index contributed by atoms with van der Waals surface area (Å²) < 4.78 is 60.9. The van der Waals surface area contributed by atoms with Crippen molar-refractivity contribution in [2.45, 2.75) is 19.2 Å². The SMILES string of the molecule is Cc1cn(C)nc1NC(=O)c1cnn(C)c1N1CC(Oc2cc(F)cc(C(F)(F)F)c2)C1. The number of aryl methyl sites for hydroxylation is 3. The maximum atomic E-state index is 13.6. The van der Waals surface area contributed by atoms with E-state index < -0.39 is 23.7 Å². The van der Waals surface area contributed by atoms with Crippen LogP contribution in [-0.4, -0.2) is 44.7 Å². The molecule has 3 aromatic rings. The van der Waals surface area contributed by atoms with Gasteiger partial charge in [-0.05, 0) is 19.1 Å². The molecule has 170 valence electrons. The number of carbonyl (C=O) groups is 1. The minimum Gasteiger partial charge on any atom is -0.487 e. The van der Waals surface area contributed by atoms with Crippen LogP contribution in [0.15, 0.2) is 30.6 Å². The highest BCUT2D eigenvalue weighted by atomic mass is 19.4. The summed E-state index contributed by atoms with van der Waals surface area (Å²) in [6.45, 7) is 2.40. The normalized spacial score (nSPS) is 14.4. The first-order valence-electron chi connectivity index (χ1n) is 9.64. The number of nitrogens with one attached hydrogen (secondary N) is 1. The number of halogens is 4. The lowest BCUT2D eigenvalue weighted by molar-refractivity contribution is -0.137. The number of alkyl halides is 3. The zero-order chi connectivity index (χ0) is 23.2. The van der Waals surface area contributed by atoms with Crippen molar-refractivity contribution < 1.29 is 27.1 Å². The van der Waals surface area contributed by atoms with Crippen LogP contribution in [-0.2, 0) is 20.3 Å². The number of carbonyl (C=O) groups excluding carboxylic acids is 1. The van der Waals surface area contributed by atoms with E-state index in [4.69, 9.17) is 4.74 Å². The van der Waals surface area contributed by atoms with Crippen molar-refractivity contribution in [2.75, 3.05) is 23.3 Å². The minimum absolute atomic E-state index is 0.199. The Labute approximate surface area is 180 Å². The van der Waals surface area contributed by atoms with E-state index in [1.165, 1.54) is 10.9 Å². The Balaban J connectivity index is 1.44. The van der Waals surface area contributed by atoms with Crippen LogP contribution in [0.4, 0.5) is 29.2 Å². The van der Waals surface area contributed by atoms with E-state index in [1.54, 1.807) is 25.0 Å². The van der Waals surface area contributed by atoms with Crippen molar-refractivity contribution in [1.82, 2.24) is 19.6 Å². The molecular formula is C20H20F4N6O2. The smallest absolute Gasteiger partial charge is 0.416 e. The van der Waals surface area contributed by atoms with Gasteiger partial charge < -0.3 is 15.0 Å². The van der Waals surface area contributed by atoms with Crippen LogP contribution < -0.4 is 15.0 Å². The molecule has 1 fully saturated rings. The van der Waals surface area contributed by atoms with E-state index in [0.29, 0.717) is 36.4 Å². The third kappa shape index (κ3) is 4.25. The number of rotatable bonds is 5. The predicted octanol–water partition coefficient (Wildman–Crippen LogP) is 3.14. The Morgan fingerprint density at radius 1 is 1.22 bits per heavy atom. The van der Waals surface area contributed by atoms with E-state index in [0.717, 1.165) is 17.7 Å². The number of ether oxygens (including phenoxy) is 1. The summed E-state index contributed by atoms with van der Waals surface area (Å²) in [4.78, 5) is 14.6. The fraction of sp³-hybridized carbons (Fsp3) is 0.350. The van der Waals surface area contributed by atoms with Gasteiger partial charge in [0, 0.05) is 31.9 Å². The minimum atomic E-state index is -4.67. The molecule has 4 rings (SSSR count). The second kappa shape index (κ2) is 7.84. The second-order valence-electron chi connectivity index (χ2n) is 7.61. The van der Waals surface area contributed by atoms with E-state index >= 15 is 0 Å². The number of hydrogen-bond acceptors (Lipinski definition) is 5. The number of amides is 1. The third-order valence-corrected chi connectivity index (χ3v) is 5.04. The maximum Gasteiger partial charge on any atom is 0.416 e. The zero-order valence-corrected chi connectivity index (χ0v) is 17.4. The molecule has 3 heterocycles. The first kappa shape index (κ1) is 21.7. The topological polar surface area (TPSA) is 77.2 Å². The van der Waals surface area contributed by atoms with Crippen molar-refractivity contribution in [1.29, 1.82) is 0 Å². The molecule has 2 aromatic heterocycles. The van der Waals surface area contributed by atoms with Crippen LogP contribution in [0.2, 0.25) is 0 Å². The Kier molecular flexibility index (Phi) is 5.31. The largest absolute Gasteiger partial charge is 0.487 e. The van der Waals surface area contributed by atoms with Crippen LogP contribution >= 0.6 is 0 Å². The fourth-order valence-electron chi connectivity index (χ4n) is 3.54. The Bertz CT molecular complexity index is 1160. The number of benzene rings is 1. The highest BCUT2D eigenvalue weighted by Crippen LogP contribution is 2.34. The van der Waals surface area contributed by atoms with Gasteiger partial charge in [0.2, 0.25) is 0 Å². The molecule has 1 amide bonds. The van der Waals surface area contributed by atoms with E-state index in [9.17, 15) is 22.4 Å². The van der Waals surface area contributed by atoms with Crippen LogP contribution in [0, 0.1) is 12.7 Å². The van der Waals surface area contributed by atoms with Crippen LogP contribution in [0.25, 0.3) is 0 Å². The van der Waals surface area contributed by atoms with E-state index in [1.807, 2.05) is 11.8 Å². The molecule has 0 spiro atoms. The molecule has 12 heteroatoms. The van der Waals surface area contributed by atoms with Gasteiger partial charge in [0.1, 0.15) is 29.1 Å². The van der Waals surface area contributed by atoms with E-state index in [2.05, 4.69) is 15.5 Å². The predicted molar refractivity (Wildman–Crippen MR) is 107 cm³/mol. The maximum absolute atomic E-state index is 13.6. The molecule has 1 saturated heterocycles. The lowest BCUT2D eigenvalue weighted by Crippen LogP contribution is -2.55. The molecule has 0 atom stereocenters. The van der Waals surface area contributed by atoms with Gasteiger partial charge in [0.25, 0.3) is 5.91 Å². The molecule has 0 unspecified atom stereocenters. The molecule has 0 radical (unpaired) electrons. The Hall–Kier alpha value is -3.57. The summed E-state index contributed by atoms with van der Waals surface area (Å²) >= 11 is 0. The molecule has 1 aromatic carbocycles. The van der Waals surface area contributed by atoms with Crippen molar-refractivity contribution in [3.63, 3.8) is 0 Å². The summed E-state index contributed by atoms with van der Waals surface area (Å²) in [6, 6.07) is 2.10. The molecule has 1 aliphatic heterocycles. The average Bonchev–Trinajstić information content (AvgIpc) is 3.18. The van der Waals surface area contributed by atoms with Gasteiger partial charge in [0.15, 0.2) is 5.82 Å². The molecule has 1 N–H and O–H groups in total. The van der Waals surface area contributed by atoms with Crippen molar-refractivity contribution >= 4 is 17.5 Å². The molecule has 1 aliphatic rings. The molecule has 0 bridgehead atoms. The van der Waals surface area contributed by atoms with Crippen molar-refractivity contribution in [2.24, 2.45) is 14.1 Å². The average molecular weight is 452 g/mol. The highest BCUT2D eigenvalue weighted by Gasteiger charge is 2.35. The standard InChI is InChI=1S/C20H20F4N6O2/c1-11-8-28(2)27-17(11)26-18(31)16-7-25-29(3)19(16)30-9-15(10-30)32-14-5-12(20(22,23)24)4-13(21)6-14/h4-8,15H,9-10H2,1-3H3,(H,26,27,31). The second-order valence-corrected chi connectivity index (χ2v) is 7.61. The van der Waals surface area contributed by atoms with Crippen LogP contribution in [0.5, 0.6) is 5.75 Å². The molecule has 0 aliphatic carbocycles. The van der Waals surface area contributed by atoms with Crippen molar-refractivity contribution in [3.05, 3.63) is 53.1 Å². The summed E-state index contributed by atoms with van der Waals surface area (Å²) in [6.07, 6.45) is -1.94. The number of anilines is 2. The monoisotopic (exact) mass is 452 g/mol. The number of nitrogens with zero attached hydrogens (tertiary/aromatic N) is 5. The van der Waals surface area contributed by atoms with Gasteiger partial charge in [-0.25, -0.2) is 4.39 Å². The van der Waals surface area contributed by atoms with Gasteiger partial charge in [-0.2, -0.15) is 23.4 Å². The lowest BCUT2D eigenvalue weighted by Gasteiger charge is -2.40. The van der Waals surface area contributed by atoms with Gasteiger partial charge >= 0.3 is 6.18 Å². The van der Waals surface area contributed by atoms with Gasteiger partial charge in [-0.1, -0.05) is 0 Å². The fourth-order valence-corrected chi connectivity index (χ4v) is 3.54. The van der Waals surface area contributed by atoms with E-state index in [-0.39, 0.29) is 11.7 Å². The highest BCUT2D eigenvalue weighted by molar-refractivity contribution is 6.07. The van der Waals surface area contributed by atoms with Gasteiger partial charge in [0.05, 0.1) is 24.8 Å². The Morgan fingerprint density at radius 2 is 1.94 bits per heavy atom. The first-order valence-corrected chi connectivity index (χ1v) is 9.64. The molecule has 8 nitrogen and oxygen atoms in total. The molecule has 32 heavy (non-hydrogen) atoms. The Morgan fingerprint density at radius 3 is 2.56 bits per heavy atom. The molecule has 0 saturated carbocycles.